The van der Waals surface area contributed by atoms with Gasteiger partial charge in [0.25, 0.3) is 0 Å². The van der Waals surface area contributed by atoms with Crippen LogP contribution < -0.4 is 5.32 Å². The Kier molecular flexibility index (Phi) is 5.09. The summed E-state index contributed by atoms with van der Waals surface area (Å²) >= 11 is 5.37. The number of hydrogen-bond donors (Lipinski definition) is 1. The van der Waals surface area contributed by atoms with Gasteiger partial charge in [0.05, 0.1) is 3.79 Å². The Morgan fingerprint density at radius 3 is 2.42 bits per heavy atom. The van der Waals surface area contributed by atoms with Gasteiger partial charge in [0, 0.05) is 35.6 Å². The van der Waals surface area contributed by atoms with Gasteiger partial charge < -0.3 is 5.32 Å². The van der Waals surface area contributed by atoms with Gasteiger partial charge in [-0.05, 0) is 68.6 Å². The Hall–Kier alpha value is 0.1000. The Morgan fingerprint density at radius 2 is 1.95 bits per heavy atom. The molecule has 1 N–H and O–H groups in total. The molecule has 19 heavy (non-hydrogen) atoms. The van der Waals surface area contributed by atoms with Crippen molar-refractivity contribution >= 4 is 27.3 Å². The minimum Gasteiger partial charge on any atom is -0.307 e. The molecule has 1 aliphatic heterocycles. The number of hydrogen-bond acceptors (Lipinski definition) is 3. The van der Waals surface area contributed by atoms with E-state index in [4.69, 9.17) is 0 Å². The van der Waals surface area contributed by atoms with E-state index in [1.165, 1.54) is 34.6 Å². The third-order valence-corrected chi connectivity index (χ3v) is 5.76. The van der Waals surface area contributed by atoms with Gasteiger partial charge in [0.1, 0.15) is 0 Å². The van der Waals surface area contributed by atoms with Crippen LogP contribution in [0.15, 0.2) is 15.9 Å². The van der Waals surface area contributed by atoms with Crippen LogP contribution in [0.3, 0.4) is 0 Å². The quantitative estimate of drug-likeness (QED) is 0.872. The van der Waals surface area contributed by atoms with Crippen LogP contribution in [-0.4, -0.2) is 29.6 Å². The summed E-state index contributed by atoms with van der Waals surface area (Å²) in [5.74, 6) is 0. The fourth-order valence-electron chi connectivity index (χ4n) is 2.71. The zero-order valence-electron chi connectivity index (χ0n) is 12.4. The van der Waals surface area contributed by atoms with Crippen molar-refractivity contribution in [2.24, 2.45) is 0 Å². The van der Waals surface area contributed by atoms with Crippen LogP contribution in [0.2, 0.25) is 0 Å². The van der Waals surface area contributed by atoms with Crippen LogP contribution in [0.4, 0.5) is 0 Å². The molecule has 1 saturated heterocycles. The predicted octanol–water partition coefficient (Wildman–Crippen LogP) is 4.42. The fraction of sp³-hybridized carbons (Fsp3) is 0.733. The third kappa shape index (κ3) is 4.28. The maximum absolute atomic E-state index is 3.78. The molecular formula is C15H25BrN2S. The molecule has 2 heterocycles. The van der Waals surface area contributed by atoms with Gasteiger partial charge in [-0.15, -0.1) is 11.3 Å². The van der Waals surface area contributed by atoms with Crippen molar-refractivity contribution in [2.45, 2.75) is 58.2 Å². The highest BCUT2D eigenvalue weighted by molar-refractivity contribution is 9.11. The van der Waals surface area contributed by atoms with E-state index in [0.717, 1.165) is 0 Å². The second-order valence-corrected chi connectivity index (χ2v) is 8.96. The van der Waals surface area contributed by atoms with Crippen molar-refractivity contribution in [2.75, 3.05) is 13.1 Å². The Bertz CT molecular complexity index is 403. The Morgan fingerprint density at radius 1 is 1.32 bits per heavy atom. The van der Waals surface area contributed by atoms with Crippen molar-refractivity contribution in [1.29, 1.82) is 0 Å². The first-order valence-corrected chi connectivity index (χ1v) is 8.73. The largest absolute Gasteiger partial charge is 0.307 e. The SMILES string of the molecule is CC(NC1CCN(C(C)(C)C)CC1)c1ccc(Br)s1. The van der Waals surface area contributed by atoms with Crippen molar-refractivity contribution in [1.82, 2.24) is 10.2 Å². The predicted molar refractivity (Wildman–Crippen MR) is 87.9 cm³/mol. The van der Waals surface area contributed by atoms with Crippen LogP contribution in [0, 0.1) is 0 Å². The minimum atomic E-state index is 0.315. The topological polar surface area (TPSA) is 15.3 Å². The average molecular weight is 345 g/mol. The Balaban J connectivity index is 1.82. The van der Waals surface area contributed by atoms with E-state index in [1.54, 1.807) is 0 Å². The minimum absolute atomic E-state index is 0.315. The van der Waals surface area contributed by atoms with E-state index in [2.05, 4.69) is 66.0 Å². The van der Waals surface area contributed by atoms with Crippen molar-refractivity contribution < 1.29 is 0 Å². The first kappa shape index (κ1) is 15.5. The van der Waals surface area contributed by atoms with Gasteiger partial charge in [-0.1, -0.05) is 0 Å². The van der Waals surface area contributed by atoms with Gasteiger partial charge >= 0.3 is 0 Å². The van der Waals surface area contributed by atoms with Gasteiger partial charge in [0.2, 0.25) is 0 Å². The van der Waals surface area contributed by atoms with E-state index in [1.807, 2.05) is 11.3 Å². The van der Waals surface area contributed by atoms with Gasteiger partial charge in [0.15, 0.2) is 0 Å². The standard InChI is InChI=1S/C15H25BrN2S/c1-11(13-5-6-14(16)19-13)17-12-7-9-18(10-8-12)15(2,3)4/h5-6,11-12,17H,7-10H2,1-4H3. The lowest BCUT2D eigenvalue weighted by atomic mass is 9.97. The highest BCUT2D eigenvalue weighted by Gasteiger charge is 2.27. The molecule has 2 rings (SSSR count). The normalized spacial score (nSPS) is 20.7. The molecule has 1 atom stereocenters. The molecule has 1 unspecified atom stereocenters. The molecule has 1 aliphatic rings. The second-order valence-electron chi connectivity index (χ2n) is 6.46. The van der Waals surface area contributed by atoms with E-state index < -0.39 is 0 Å². The molecule has 1 aromatic heterocycles. The first-order valence-electron chi connectivity index (χ1n) is 7.12. The summed E-state index contributed by atoms with van der Waals surface area (Å²) in [4.78, 5) is 4.02. The molecule has 0 aliphatic carbocycles. The highest BCUT2D eigenvalue weighted by Crippen LogP contribution is 2.28. The molecule has 0 amide bonds. The lowest BCUT2D eigenvalue weighted by Gasteiger charge is -2.41. The monoisotopic (exact) mass is 344 g/mol. The van der Waals surface area contributed by atoms with E-state index in [0.29, 0.717) is 17.6 Å². The molecule has 2 nitrogen and oxygen atoms in total. The number of halogens is 1. The van der Waals surface area contributed by atoms with Crippen LogP contribution in [0.5, 0.6) is 0 Å². The molecule has 108 valence electrons. The molecule has 1 fully saturated rings. The molecule has 0 aromatic carbocycles. The van der Waals surface area contributed by atoms with Gasteiger partial charge in [-0.3, -0.25) is 4.90 Å². The average Bonchev–Trinajstić information content (AvgIpc) is 2.75. The van der Waals surface area contributed by atoms with Crippen molar-refractivity contribution in [3.05, 3.63) is 20.8 Å². The summed E-state index contributed by atoms with van der Waals surface area (Å²) in [6.45, 7) is 11.6. The summed E-state index contributed by atoms with van der Waals surface area (Å²) < 4.78 is 1.22. The van der Waals surface area contributed by atoms with E-state index in [9.17, 15) is 0 Å². The van der Waals surface area contributed by atoms with Crippen molar-refractivity contribution in [3.63, 3.8) is 0 Å². The van der Waals surface area contributed by atoms with Crippen LogP contribution >= 0.6 is 27.3 Å². The number of likely N-dealkylation sites (tertiary alicyclic amines) is 1. The molecule has 0 saturated carbocycles. The Labute approximate surface area is 129 Å². The van der Waals surface area contributed by atoms with Crippen LogP contribution in [-0.2, 0) is 0 Å². The summed E-state index contributed by atoms with van der Waals surface area (Å²) in [5.41, 5.74) is 0.315. The lowest BCUT2D eigenvalue weighted by molar-refractivity contribution is 0.0943. The summed E-state index contributed by atoms with van der Waals surface area (Å²) in [6.07, 6.45) is 2.52. The first-order chi connectivity index (χ1) is 8.86. The number of rotatable bonds is 3. The number of piperidine rings is 1. The molecule has 0 bridgehead atoms. The van der Waals surface area contributed by atoms with E-state index in [-0.39, 0.29) is 0 Å². The maximum atomic E-state index is 3.78. The number of nitrogens with one attached hydrogen (secondary N) is 1. The number of nitrogens with zero attached hydrogens (tertiary/aromatic N) is 1. The summed E-state index contributed by atoms with van der Waals surface area (Å²) in [7, 11) is 0. The molecule has 4 heteroatoms. The second kappa shape index (κ2) is 6.25. The van der Waals surface area contributed by atoms with Crippen LogP contribution in [0.1, 0.15) is 51.5 Å². The van der Waals surface area contributed by atoms with Gasteiger partial charge in [-0.2, -0.15) is 0 Å². The zero-order chi connectivity index (χ0) is 14.0. The summed E-state index contributed by atoms with van der Waals surface area (Å²) in [5, 5.41) is 3.78. The molecule has 0 spiro atoms. The maximum Gasteiger partial charge on any atom is 0.0701 e. The van der Waals surface area contributed by atoms with Crippen LogP contribution in [0.25, 0.3) is 0 Å². The van der Waals surface area contributed by atoms with E-state index >= 15 is 0 Å². The summed E-state index contributed by atoms with van der Waals surface area (Å²) in [6, 6.07) is 5.48. The smallest absolute Gasteiger partial charge is 0.0701 e. The highest BCUT2D eigenvalue weighted by atomic mass is 79.9. The zero-order valence-corrected chi connectivity index (χ0v) is 14.8. The number of thiophene rings is 1. The molecule has 1 aromatic rings. The molecule has 0 radical (unpaired) electrons. The molecular weight excluding hydrogens is 320 g/mol. The third-order valence-electron chi connectivity index (χ3n) is 3.95. The lowest BCUT2D eigenvalue weighted by Crippen LogP contribution is -2.50. The van der Waals surface area contributed by atoms with Crippen molar-refractivity contribution in [3.8, 4) is 0 Å². The van der Waals surface area contributed by atoms with Gasteiger partial charge in [-0.25, -0.2) is 0 Å². The fourth-order valence-corrected chi connectivity index (χ4v) is 4.15.